The highest BCUT2D eigenvalue weighted by molar-refractivity contribution is 5.69. The topological polar surface area (TPSA) is 0 Å². The lowest BCUT2D eigenvalue weighted by atomic mass is 10.1. The van der Waals surface area contributed by atoms with Gasteiger partial charge in [-0.3, -0.25) is 0 Å². The smallest absolute Gasteiger partial charge is 0.0622 e. The molecular weight excluding hydrogens is 168 g/mol. The Labute approximate surface area is 87.3 Å². The van der Waals surface area contributed by atoms with Crippen molar-refractivity contribution in [3.63, 3.8) is 0 Å². The summed E-state index contributed by atoms with van der Waals surface area (Å²) in [5.74, 6) is 0. The predicted octanol–water partition coefficient (Wildman–Crippen LogP) is 3.86. The van der Waals surface area contributed by atoms with Crippen LogP contribution >= 0.6 is 0 Å². The number of rotatable bonds is 2. The third-order valence-electron chi connectivity index (χ3n) is 1.90. The highest BCUT2D eigenvalue weighted by Crippen LogP contribution is 2.06. The maximum Gasteiger partial charge on any atom is 0.0629 e. The molecule has 0 saturated heterocycles. The summed E-state index contributed by atoms with van der Waals surface area (Å²) in [4.78, 5) is 0. The van der Waals surface area contributed by atoms with Crippen molar-refractivity contribution in [1.29, 1.82) is 0 Å². The van der Waals surface area contributed by atoms with Crippen molar-refractivity contribution < 1.29 is 2.74 Å². The van der Waals surface area contributed by atoms with Crippen LogP contribution in [0.15, 0.2) is 60.7 Å². The largest absolute Gasteiger partial charge is 0.0629 e. The lowest BCUT2D eigenvalue weighted by Gasteiger charge is -1.92. The molecule has 0 saturated carbocycles. The van der Waals surface area contributed by atoms with E-state index < -0.39 is 0 Å². The number of benzene rings is 2. The molecule has 14 heavy (non-hydrogen) atoms. The number of hydrogen-bond donors (Lipinski definition) is 0. The zero-order valence-corrected chi connectivity index (χ0v) is 7.77. The Kier molecular flexibility index (Phi) is 2.09. The average Bonchev–Trinajstić information content (AvgIpc) is 2.39. The second-order valence-corrected chi connectivity index (χ2v) is 2.98. The molecule has 0 aliphatic carbocycles. The van der Waals surface area contributed by atoms with Gasteiger partial charge in [-0.25, -0.2) is 0 Å². The molecule has 2 aromatic carbocycles. The first-order valence-corrected chi connectivity index (χ1v) is 4.57. The summed E-state index contributed by atoms with van der Waals surface area (Å²) in [6, 6.07) is 19.2. The Morgan fingerprint density at radius 1 is 0.643 bits per heavy atom. The van der Waals surface area contributed by atoms with E-state index in [1.165, 1.54) is 0 Å². The summed E-state index contributed by atoms with van der Waals surface area (Å²) in [5, 5.41) is 0. The van der Waals surface area contributed by atoms with Crippen molar-refractivity contribution in [2.45, 2.75) is 0 Å². The maximum atomic E-state index is 7.95. The molecule has 0 unspecified atom stereocenters. The van der Waals surface area contributed by atoms with Crippen LogP contribution in [0, 0.1) is 0 Å². The molecule has 0 amide bonds. The standard InChI is InChI=1S/C14H12/c1-3-7-13(8-4-1)11-12-14-9-5-2-6-10-14/h1-12H/i11D,12D. The third-order valence-corrected chi connectivity index (χ3v) is 1.90. The second kappa shape index (κ2) is 4.43. The van der Waals surface area contributed by atoms with Crippen LogP contribution in [0.25, 0.3) is 12.1 Å². The molecule has 0 aliphatic heterocycles. The van der Waals surface area contributed by atoms with Crippen molar-refractivity contribution in [1.82, 2.24) is 0 Å². The Morgan fingerprint density at radius 2 is 1.00 bits per heavy atom. The Morgan fingerprint density at radius 3 is 1.36 bits per heavy atom. The Bertz CT molecular complexity index is 439. The van der Waals surface area contributed by atoms with Crippen LogP contribution in [-0.4, -0.2) is 0 Å². The van der Waals surface area contributed by atoms with Gasteiger partial charge in [0.05, 0.1) is 2.74 Å². The van der Waals surface area contributed by atoms with E-state index >= 15 is 0 Å². The minimum Gasteiger partial charge on any atom is -0.0622 e. The molecular formula is C14H12. The molecule has 0 atom stereocenters. The summed E-state index contributed by atoms with van der Waals surface area (Å²) < 4.78 is 15.9. The SMILES string of the molecule is [2H]C(=C([2H])c1ccccc1)c1ccccc1. The summed E-state index contributed by atoms with van der Waals surface area (Å²) in [5.41, 5.74) is 1.55. The lowest BCUT2D eigenvalue weighted by molar-refractivity contribution is 1.65. The van der Waals surface area contributed by atoms with Crippen molar-refractivity contribution in [3.05, 3.63) is 71.8 Å². The molecule has 0 aliphatic rings. The molecule has 2 aromatic rings. The van der Waals surface area contributed by atoms with Crippen molar-refractivity contribution in [2.24, 2.45) is 0 Å². The minimum atomic E-state index is 0.256. The molecule has 0 bridgehead atoms. The monoisotopic (exact) mass is 182 g/mol. The van der Waals surface area contributed by atoms with Gasteiger partial charge in [-0.05, 0) is 11.1 Å². The first-order valence-electron chi connectivity index (χ1n) is 5.57. The van der Waals surface area contributed by atoms with E-state index in [-0.39, 0.29) is 12.1 Å². The van der Waals surface area contributed by atoms with Crippen molar-refractivity contribution >= 4 is 12.1 Å². The lowest BCUT2D eigenvalue weighted by Crippen LogP contribution is -1.70. The number of hydrogen-bond acceptors (Lipinski definition) is 0. The van der Waals surface area contributed by atoms with Gasteiger partial charge in [0.1, 0.15) is 0 Å². The quantitative estimate of drug-likeness (QED) is 0.619. The van der Waals surface area contributed by atoms with Crippen LogP contribution < -0.4 is 0 Å². The molecule has 0 N–H and O–H groups in total. The Hall–Kier alpha value is -1.82. The van der Waals surface area contributed by atoms with Gasteiger partial charge in [0.15, 0.2) is 0 Å². The highest BCUT2D eigenvalue weighted by atomic mass is 13.9. The van der Waals surface area contributed by atoms with Crippen LogP contribution in [0.5, 0.6) is 0 Å². The van der Waals surface area contributed by atoms with Gasteiger partial charge in [0, 0.05) is 0 Å². The first kappa shape index (κ1) is 6.61. The van der Waals surface area contributed by atoms with Gasteiger partial charge in [-0.1, -0.05) is 72.8 Å². The fourth-order valence-electron chi connectivity index (χ4n) is 1.19. The molecule has 0 radical (unpaired) electrons. The van der Waals surface area contributed by atoms with Gasteiger partial charge in [-0.2, -0.15) is 0 Å². The van der Waals surface area contributed by atoms with Crippen LogP contribution in [0.1, 0.15) is 13.9 Å². The van der Waals surface area contributed by atoms with Gasteiger partial charge >= 0.3 is 0 Å². The minimum absolute atomic E-state index is 0.256. The molecule has 0 heteroatoms. The van der Waals surface area contributed by atoms with Crippen LogP contribution in [0.2, 0.25) is 0 Å². The van der Waals surface area contributed by atoms with Crippen molar-refractivity contribution in [3.8, 4) is 0 Å². The highest BCUT2D eigenvalue weighted by Gasteiger charge is 1.84. The van der Waals surface area contributed by atoms with Crippen LogP contribution in [0.4, 0.5) is 0 Å². The van der Waals surface area contributed by atoms with Gasteiger partial charge in [-0.15, -0.1) is 0 Å². The van der Waals surface area contributed by atoms with Gasteiger partial charge < -0.3 is 0 Å². The molecule has 0 fully saturated rings. The van der Waals surface area contributed by atoms with E-state index in [2.05, 4.69) is 0 Å². The van der Waals surface area contributed by atoms with E-state index in [0.29, 0.717) is 0 Å². The van der Waals surface area contributed by atoms with Crippen LogP contribution in [0.3, 0.4) is 0 Å². The fraction of sp³-hybridized carbons (Fsp3) is 0. The average molecular weight is 182 g/mol. The van der Waals surface area contributed by atoms with E-state index in [0.717, 1.165) is 11.1 Å². The predicted molar refractivity (Wildman–Crippen MR) is 61.8 cm³/mol. The first-order chi connectivity index (χ1) is 7.79. The molecule has 0 heterocycles. The third kappa shape index (κ3) is 2.33. The van der Waals surface area contributed by atoms with Crippen LogP contribution in [-0.2, 0) is 0 Å². The maximum absolute atomic E-state index is 7.95. The summed E-state index contributed by atoms with van der Waals surface area (Å²) >= 11 is 0. The van der Waals surface area contributed by atoms with E-state index in [1.807, 2.05) is 60.7 Å². The molecule has 2 rings (SSSR count). The normalized spacial score (nSPS) is 14.0. The van der Waals surface area contributed by atoms with Gasteiger partial charge in [0.2, 0.25) is 0 Å². The zero-order valence-electron chi connectivity index (χ0n) is 9.77. The van der Waals surface area contributed by atoms with Crippen molar-refractivity contribution in [2.75, 3.05) is 0 Å². The molecule has 68 valence electrons. The fourth-order valence-corrected chi connectivity index (χ4v) is 1.19. The second-order valence-electron chi connectivity index (χ2n) is 2.98. The van der Waals surface area contributed by atoms with Gasteiger partial charge in [0.25, 0.3) is 0 Å². The Balaban J connectivity index is 2.43. The van der Waals surface area contributed by atoms with E-state index in [1.54, 1.807) is 0 Å². The summed E-state index contributed by atoms with van der Waals surface area (Å²) in [7, 11) is 0. The molecule has 0 nitrogen and oxygen atoms in total. The summed E-state index contributed by atoms with van der Waals surface area (Å²) in [6.07, 6.45) is 0. The molecule has 0 spiro atoms. The summed E-state index contributed by atoms with van der Waals surface area (Å²) in [6.45, 7) is 0. The van der Waals surface area contributed by atoms with E-state index in [4.69, 9.17) is 2.74 Å². The molecule has 0 aromatic heterocycles. The van der Waals surface area contributed by atoms with E-state index in [9.17, 15) is 0 Å². The zero-order chi connectivity index (χ0) is 11.4.